The summed E-state index contributed by atoms with van der Waals surface area (Å²) in [5, 5.41) is 0. The van der Waals surface area contributed by atoms with Gasteiger partial charge in [0.2, 0.25) is 0 Å². The number of rotatable bonds is 0. The van der Waals surface area contributed by atoms with Gasteiger partial charge in [-0.1, -0.05) is 24.3 Å². The minimum Gasteiger partial charge on any atom is -0.418 e. The van der Waals surface area contributed by atoms with Crippen molar-refractivity contribution in [3.63, 3.8) is 0 Å². The van der Waals surface area contributed by atoms with Crippen molar-refractivity contribution in [2.75, 3.05) is 0 Å². The number of allylic oxidation sites excluding steroid dienone is 4. The van der Waals surface area contributed by atoms with E-state index in [-0.39, 0.29) is 19.5 Å². The van der Waals surface area contributed by atoms with Crippen LogP contribution in [0.3, 0.4) is 0 Å². The SMILES string of the molecule is C1=CC2CCC1C2.C1=CC2CCC1C2.F[B-](F)(F)F.[Rh+]. The third-order valence-corrected chi connectivity index (χ3v) is 4.34. The zero-order chi connectivity index (χ0) is 13.9. The Balaban J connectivity index is 0.000000150. The fraction of sp³-hybridized carbons (Fsp3) is 0.714. The van der Waals surface area contributed by atoms with Crippen LogP contribution in [0.2, 0.25) is 0 Å². The molecule has 4 atom stereocenters. The summed E-state index contributed by atoms with van der Waals surface area (Å²) in [6, 6.07) is 0. The largest absolute Gasteiger partial charge is 1.00 e. The van der Waals surface area contributed by atoms with E-state index in [1.807, 2.05) is 0 Å². The molecule has 0 aliphatic heterocycles. The maximum atomic E-state index is 9.75. The minimum atomic E-state index is -6.00. The molecule has 2 saturated carbocycles. The van der Waals surface area contributed by atoms with E-state index in [0.717, 1.165) is 23.7 Å². The second-order valence-corrected chi connectivity index (χ2v) is 5.93. The molecule has 4 aliphatic rings. The number of halogens is 4. The zero-order valence-electron chi connectivity index (χ0n) is 11.3. The first-order chi connectivity index (χ1) is 8.90. The molecule has 0 nitrogen and oxygen atoms in total. The Morgan fingerprint density at radius 2 is 0.800 bits per heavy atom. The summed E-state index contributed by atoms with van der Waals surface area (Å²) >= 11 is 0. The van der Waals surface area contributed by atoms with Gasteiger partial charge in [0.25, 0.3) is 0 Å². The summed E-state index contributed by atoms with van der Waals surface area (Å²) in [6.07, 6.45) is 18.4. The van der Waals surface area contributed by atoms with Crippen molar-refractivity contribution in [1.82, 2.24) is 0 Å². The predicted octanol–water partition coefficient (Wildman–Crippen LogP) is 5.24. The Kier molecular flexibility index (Phi) is 6.97. The van der Waals surface area contributed by atoms with E-state index in [0.29, 0.717) is 0 Å². The number of fused-ring (bicyclic) bond motifs is 4. The molecule has 0 aromatic rings. The Hall–Kier alpha value is -0.112. The molecule has 0 heterocycles. The first-order valence-corrected chi connectivity index (χ1v) is 7.14. The molecule has 0 aromatic heterocycles. The average Bonchev–Trinajstić information content (AvgIpc) is 3.10. The van der Waals surface area contributed by atoms with Crippen LogP contribution in [-0.4, -0.2) is 7.25 Å². The average molecular weight is 378 g/mol. The Morgan fingerprint density at radius 3 is 0.850 bits per heavy atom. The predicted molar refractivity (Wildman–Crippen MR) is 70.1 cm³/mol. The summed E-state index contributed by atoms with van der Waals surface area (Å²) in [4.78, 5) is 0. The molecule has 0 N–H and O–H groups in total. The molecule has 4 unspecified atom stereocenters. The fourth-order valence-electron chi connectivity index (χ4n) is 3.43. The van der Waals surface area contributed by atoms with Crippen molar-refractivity contribution in [1.29, 1.82) is 0 Å². The van der Waals surface area contributed by atoms with Gasteiger partial charge in [-0.05, 0) is 62.2 Å². The van der Waals surface area contributed by atoms with E-state index in [4.69, 9.17) is 0 Å². The van der Waals surface area contributed by atoms with Crippen molar-refractivity contribution in [3.8, 4) is 0 Å². The quantitative estimate of drug-likeness (QED) is 0.307. The first kappa shape index (κ1) is 17.9. The van der Waals surface area contributed by atoms with E-state index < -0.39 is 7.25 Å². The summed E-state index contributed by atoms with van der Waals surface area (Å²) < 4.78 is 39.0. The maximum absolute atomic E-state index is 9.75. The summed E-state index contributed by atoms with van der Waals surface area (Å²) in [6.45, 7) is 0. The molecular weight excluding hydrogens is 358 g/mol. The van der Waals surface area contributed by atoms with E-state index in [1.54, 1.807) is 0 Å². The molecule has 4 bridgehead atoms. The van der Waals surface area contributed by atoms with Crippen molar-refractivity contribution in [2.24, 2.45) is 23.7 Å². The van der Waals surface area contributed by atoms with Crippen molar-refractivity contribution < 1.29 is 36.7 Å². The van der Waals surface area contributed by atoms with Crippen LogP contribution in [0.4, 0.5) is 17.3 Å². The van der Waals surface area contributed by atoms with Crippen LogP contribution in [0.25, 0.3) is 0 Å². The molecule has 2 fully saturated rings. The third kappa shape index (κ3) is 6.56. The van der Waals surface area contributed by atoms with Gasteiger partial charge in [0.1, 0.15) is 0 Å². The van der Waals surface area contributed by atoms with Crippen LogP contribution in [0.5, 0.6) is 0 Å². The topological polar surface area (TPSA) is 0 Å². The Labute approximate surface area is 130 Å². The molecule has 4 aliphatic carbocycles. The van der Waals surface area contributed by atoms with E-state index in [2.05, 4.69) is 24.3 Å². The molecule has 20 heavy (non-hydrogen) atoms. The van der Waals surface area contributed by atoms with Crippen LogP contribution in [-0.2, 0) is 19.5 Å². The summed E-state index contributed by atoms with van der Waals surface area (Å²) in [5.41, 5.74) is 0. The summed E-state index contributed by atoms with van der Waals surface area (Å²) in [5.74, 6) is 3.96. The monoisotopic (exact) mass is 378 g/mol. The normalized spacial score (nSPS) is 35.0. The Bertz CT molecular complexity index is 296. The smallest absolute Gasteiger partial charge is 0.418 e. The molecule has 0 radical (unpaired) electrons. The van der Waals surface area contributed by atoms with Crippen molar-refractivity contribution in [2.45, 2.75) is 38.5 Å². The van der Waals surface area contributed by atoms with Crippen LogP contribution in [0.1, 0.15) is 38.5 Å². The second-order valence-electron chi connectivity index (χ2n) is 5.93. The molecule has 116 valence electrons. The van der Waals surface area contributed by atoms with E-state index >= 15 is 0 Å². The number of hydrogen-bond acceptors (Lipinski definition) is 0. The van der Waals surface area contributed by atoms with Gasteiger partial charge in [0.05, 0.1) is 0 Å². The van der Waals surface area contributed by atoms with Crippen LogP contribution in [0.15, 0.2) is 24.3 Å². The van der Waals surface area contributed by atoms with E-state index in [1.165, 1.54) is 38.5 Å². The van der Waals surface area contributed by atoms with Gasteiger partial charge in [0, 0.05) is 0 Å². The van der Waals surface area contributed by atoms with Gasteiger partial charge in [-0.2, -0.15) is 0 Å². The minimum absolute atomic E-state index is 0. The van der Waals surface area contributed by atoms with Crippen molar-refractivity contribution in [3.05, 3.63) is 24.3 Å². The van der Waals surface area contributed by atoms with Crippen molar-refractivity contribution >= 4 is 7.25 Å². The van der Waals surface area contributed by atoms with Crippen LogP contribution in [0, 0.1) is 23.7 Å². The molecule has 0 aromatic carbocycles. The zero-order valence-corrected chi connectivity index (χ0v) is 12.9. The van der Waals surface area contributed by atoms with Gasteiger partial charge in [0.15, 0.2) is 0 Å². The fourth-order valence-corrected chi connectivity index (χ4v) is 3.43. The third-order valence-electron chi connectivity index (χ3n) is 4.34. The molecule has 0 saturated heterocycles. The molecule has 6 heteroatoms. The summed E-state index contributed by atoms with van der Waals surface area (Å²) in [7, 11) is -6.00. The standard InChI is InChI=1S/2C7H10.BF4.Rh/c2*1-2-7-4-3-6(1)5-7;2-1(3,4)5;/h2*1-2,6-7H,3-5H2;;/q;;-1;+1. The molecule has 4 rings (SSSR count). The van der Waals surface area contributed by atoms with Gasteiger partial charge in [-0.15, -0.1) is 0 Å². The molecular formula is C14H20BF4Rh. The van der Waals surface area contributed by atoms with Crippen LogP contribution < -0.4 is 0 Å². The van der Waals surface area contributed by atoms with Crippen LogP contribution >= 0.6 is 0 Å². The molecule has 0 amide bonds. The number of hydrogen-bond donors (Lipinski definition) is 0. The maximum Gasteiger partial charge on any atom is 1.00 e. The Morgan fingerprint density at radius 1 is 0.600 bits per heavy atom. The van der Waals surface area contributed by atoms with Gasteiger partial charge >= 0.3 is 26.7 Å². The van der Waals surface area contributed by atoms with Gasteiger partial charge in [-0.25, -0.2) is 0 Å². The van der Waals surface area contributed by atoms with Gasteiger partial charge < -0.3 is 17.3 Å². The van der Waals surface area contributed by atoms with Gasteiger partial charge in [-0.3, -0.25) is 0 Å². The molecule has 0 spiro atoms. The second kappa shape index (κ2) is 7.77. The first-order valence-electron chi connectivity index (χ1n) is 7.14. The van der Waals surface area contributed by atoms with E-state index in [9.17, 15) is 17.3 Å².